The van der Waals surface area contributed by atoms with Crippen molar-refractivity contribution in [2.45, 2.75) is 19.8 Å². The molecule has 0 amide bonds. The molecule has 0 spiro atoms. The van der Waals surface area contributed by atoms with Gasteiger partial charge in [0.05, 0.1) is 16.7 Å². The zero-order chi connectivity index (χ0) is 33.7. The monoisotopic (exact) mass is 636 g/mol. The predicted molar refractivity (Wildman–Crippen MR) is 186 cm³/mol. The molecule has 0 radical (unpaired) electrons. The van der Waals surface area contributed by atoms with Crippen LogP contribution in [0.5, 0.6) is 0 Å². The Kier molecular flexibility index (Phi) is 14.4. The van der Waals surface area contributed by atoms with Crippen LogP contribution in [0.4, 0.5) is 0 Å². The second-order valence-corrected chi connectivity index (χ2v) is 10.3. The Bertz CT molecular complexity index is 1560. The Morgan fingerprint density at radius 2 is 0.479 bits per heavy atom. The lowest BCUT2D eigenvalue weighted by Gasteiger charge is -2.04. The topological polar surface area (TPSA) is 78.9 Å². The third-order valence-electron chi connectivity index (χ3n) is 6.67. The smallest absolute Gasteiger partial charge is 0.338 e. The summed E-state index contributed by atoms with van der Waals surface area (Å²) < 4.78 is 15.5. The second kappa shape index (κ2) is 20.0. The molecule has 0 saturated heterocycles. The molecule has 6 rings (SSSR count). The minimum absolute atomic E-state index is 0.288. The van der Waals surface area contributed by atoms with Gasteiger partial charge >= 0.3 is 17.9 Å². The lowest BCUT2D eigenvalue weighted by Crippen LogP contribution is -2.04. The molecule has 0 unspecified atom stereocenters. The van der Waals surface area contributed by atoms with Gasteiger partial charge in [0.15, 0.2) is 0 Å². The maximum absolute atomic E-state index is 11.6. The van der Waals surface area contributed by atoms with Crippen molar-refractivity contribution in [1.29, 1.82) is 0 Å². The molecule has 0 N–H and O–H groups in total. The van der Waals surface area contributed by atoms with E-state index < -0.39 is 0 Å². The van der Waals surface area contributed by atoms with Gasteiger partial charge in [0.25, 0.3) is 0 Å². The van der Waals surface area contributed by atoms with Crippen LogP contribution >= 0.6 is 0 Å². The Morgan fingerprint density at radius 3 is 0.688 bits per heavy atom. The molecular weight excluding hydrogens is 600 g/mol. The molecule has 6 heteroatoms. The van der Waals surface area contributed by atoms with E-state index >= 15 is 0 Å². The number of carbonyl (C=O) groups excluding carboxylic acids is 3. The van der Waals surface area contributed by atoms with E-state index in [4.69, 9.17) is 14.2 Å². The minimum Gasteiger partial charge on any atom is -0.457 e. The summed E-state index contributed by atoms with van der Waals surface area (Å²) in [7, 11) is 0. The quantitative estimate of drug-likeness (QED) is 0.116. The molecule has 0 saturated carbocycles. The van der Waals surface area contributed by atoms with Crippen molar-refractivity contribution < 1.29 is 28.6 Å². The summed E-state index contributed by atoms with van der Waals surface area (Å²) in [6.45, 7) is 0.942. The maximum atomic E-state index is 11.6. The number of rotatable bonds is 9. The number of benzene rings is 6. The molecule has 6 nitrogen and oxygen atoms in total. The first kappa shape index (κ1) is 34.6. The van der Waals surface area contributed by atoms with E-state index in [2.05, 4.69) is 0 Å². The first-order chi connectivity index (χ1) is 23.6. The van der Waals surface area contributed by atoms with Crippen LogP contribution in [0, 0.1) is 0 Å². The van der Waals surface area contributed by atoms with Gasteiger partial charge in [-0.1, -0.05) is 146 Å². The highest BCUT2D eigenvalue weighted by Crippen LogP contribution is 2.08. The number of hydrogen-bond donors (Lipinski definition) is 0. The number of esters is 3. The van der Waals surface area contributed by atoms with E-state index in [0.29, 0.717) is 36.5 Å². The van der Waals surface area contributed by atoms with E-state index in [-0.39, 0.29) is 17.9 Å². The standard InChI is InChI=1S/3C14H12O2/c3*15-14(13-9-5-2-6-10-13)16-11-12-7-3-1-4-8-12/h3*1-10H,11H2. The van der Waals surface area contributed by atoms with Crippen LogP contribution < -0.4 is 0 Å². The largest absolute Gasteiger partial charge is 0.457 e. The molecule has 0 aromatic heterocycles. The van der Waals surface area contributed by atoms with Crippen molar-refractivity contribution in [3.05, 3.63) is 215 Å². The normalized spacial score (nSPS) is 9.75. The van der Waals surface area contributed by atoms with Gasteiger partial charge in [-0.15, -0.1) is 0 Å². The Morgan fingerprint density at radius 1 is 0.292 bits per heavy atom. The van der Waals surface area contributed by atoms with E-state index in [0.717, 1.165) is 16.7 Å². The first-order valence-corrected chi connectivity index (χ1v) is 15.4. The fraction of sp³-hybridized carbons (Fsp3) is 0.0714. The van der Waals surface area contributed by atoms with Gasteiger partial charge in [0.1, 0.15) is 19.8 Å². The van der Waals surface area contributed by atoms with Crippen molar-refractivity contribution in [1.82, 2.24) is 0 Å². The third-order valence-corrected chi connectivity index (χ3v) is 6.67. The first-order valence-electron chi connectivity index (χ1n) is 15.4. The van der Waals surface area contributed by atoms with Gasteiger partial charge < -0.3 is 14.2 Å². The zero-order valence-electron chi connectivity index (χ0n) is 26.4. The van der Waals surface area contributed by atoms with Crippen LogP contribution in [0.2, 0.25) is 0 Å². The van der Waals surface area contributed by atoms with Crippen LogP contribution in [-0.4, -0.2) is 17.9 Å². The molecule has 0 aliphatic rings. The highest BCUT2D eigenvalue weighted by Gasteiger charge is 2.07. The van der Waals surface area contributed by atoms with Crippen LogP contribution in [0.15, 0.2) is 182 Å². The number of hydrogen-bond acceptors (Lipinski definition) is 6. The average molecular weight is 637 g/mol. The summed E-state index contributed by atoms with van der Waals surface area (Å²) in [5.74, 6) is -0.863. The predicted octanol–water partition coefficient (Wildman–Crippen LogP) is 9.13. The SMILES string of the molecule is O=C(OCc1ccccc1)c1ccccc1.O=C(OCc1ccccc1)c1ccccc1.O=C(OCc1ccccc1)c1ccccc1. The van der Waals surface area contributed by atoms with Crippen LogP contribution in [-0.2, 0) is 34.0 Å². The molecule has 0 aliphatic carbocycles. The lowest BCUT2D eigenvalue weighted by molar-refractivity contribution is 0.0464. The highest BCUT2D eigenvalue weighted by atomic mass is 16.5. The molecule has 0 heterocycles. The molecular formula is C42H36O6. The number of ether oxygens (including phenoxy) is 3. The van der Waals surface area contributed by atoms with Crippen LogP contribution in [0.3, 0.4) is 0 Å². The maximum Gasteiger partial charge on any atom is 0.338 e. The van der Waals surface area contributed by atoms with Gasteiger partial charge in [-0.25, -0.2) is 14.4 Å². The second-order valence-electron chi connectivity index (χ2n) is 10.3. The molecule has 0 atom stereocenters. The summed E-state index contributed by atoms with van der Waals surface area (Å²) in [6, 6.07) is 55.9. The zero-order valence-corrected chi connectivity index (χ0v) is 26.4. The molecule has 0 fully saturated rings. The van der Waals surface area contributed by atoms with E-state index in [1.165, 1.54) is 0 Å². The van der Waals surface area contributed by atoms with Gasteiger partial charge in [-0.3, -0.25) is 0 Å². The van der Waals surface area contributed by atoms with E-state index in [9.17, 15) is 14.4 Å². The van der Waals surface area contributed by atoms with Crippen molar-refractivity contribution in [2.75, 3.05) is 0 Å². The third kappa shape index (κ3) is 12.6. The molecule has 0 aliphatic heterocycles. The fourth-order valence-corrected chi connectivity index (χ4v) is 4.14. The number of carbonyl (C=O) groups is 3. The molecule has 6 aromatic carbocycles. The Labute approximate surface area is 281 Å². The molecule has 48 heavy (non-hydrogen) atoms. The van der Waals surface area contributed by atoms with Gasteiger partial charge in [0, 0.05) is 0 Å². The Balaban J connectivity index is 0.000000163. The van der Waals surface area contributed by atoms with Crippen molar-refractivity contribution in [2.24, 2.45) is 0 Å². The van der Waals surface area contributed by atoms with Gasteiger partial charge in [0.2, 0.25) is 0 Å². The lowest BCUT2D eigenvalue weighted by atomic mass is 10.2. The fourth-order valence-electron chi connectivity index (χ4n) is 4.14. The molecule has 6 aromatic rings. The van der Waals surface area contributed by atoms with Crippen LogP contribution in [0.1, 0.15) is 47.8 Å². The van der Waals surface area contributed by atoms with Crippen molar-refractivity contribution in [3.63, 3.8) is 0 Å². The summed E-state index contributed by atoms with van der Waals surface area (Å²) in [6.07, 6.45) is 0. The molecule has 0 bridgehead atoms. The average Bonchev–Trinajstić information content (AvgIpc) is 3.18. The summed E-state index contributed by atoms with van der Waals surface area (Å²) in [5.41, 5.74) is 4.72. The van der Waals surface area contributed by atoms with Gasteiger partial charge in [-0.2, -0.15) is 0 Å². The highest BCUT2D eigenvalue weighted by molar-refractivity contribution is 5.90. The molecule has 240 valence electrons. The summed E-state index contributed by atoms with van der Waals surface area (Å²) >= 11 is 0. The van der Waals surface area contributed by atoms with E-state index in [1.807, 2.05) is 146 Å². The minimum atomic E-state index is -0.288. The van der Waals surface area contributed by atoms with Crippen molar-refractivity contribution >= 4 is 17.9 Å². The van der Waals surface area contributed by atoms with Gasteiger partial charge in [-0.05, 0) is 53.1 Å². The van der Waals surface area contributed by atoms with E-state index in [1.54, 1.807) is 36.4 Å². The summed E-state index contributed by atoms with van der Waals surface area (Å²) in [5, 5.41) is 0. The Hall–Kier alpha value is -6.27. The van der Waals surface area contributed by atoms with Crippen molar-refractivity contribution in [3.8, 4) is 0 Å². The summed E-state index contributed by atoms with van der Waals surface area (Å²) in [4.78, 5) is 34.8. The van der Waals surface area contributed by atoms with Crippen LogP contribution in [0.25, 0.3) is 0 Å².